The summed E-state index contributed by atoms with van der Waals surface area (Å²) in [6, 6.07) is 8.16. The second kappa shape index (κ2) is 6.84. The molecule has 1 saturated heterocycles. The Kier molecular flexibility index (Phi) is 4.92. The minimum absolute atomic E-state index is 0.0543. The van der Waals surface area contributed by atoms with Crippen LogP contribution in [0.1, 0.15) is 24.8 Å². The Morgan fingerprint density at radius 3 is 2.48 bits per heavy atom. The van der Waals surface area contributed by atoms with Crippen LogP contribution in [0.4, 0.5) is 8.78 Å². The van der Waals surface area contributed by atoms with Crippen LogP contribution >= 0.6 is 12.2 Å². The summed E-state index contributed by atoms with van der Waals surface area (Å²) in [5.74, 6) is -4.68. The molecule has 1 aliphatic heterocycles. The number of aliphatic hydroxyl groups is 1. The first-order chi connectivity index (χ1) is 11.8. The lowest BCUT2D eigenvalue weighted by atomic mass is 9.80. The van der Waals surface area contributed by atoms with Gasteiger partial charge in [0.05, 0.1) is 13.1 Å². The van der Waals surface area contributed by atoms with Crippen molar-refractivity contribution in [2.45, 2.75) is 36.9 Å². The van der Waals surface area contributed by atoms with Crippen molar-refractivity contribution in [3.8, 4) is 0 Å². The summed E-state index contributed by atoms with van der Waals surface area (Å²) in [6.07, 6.45) is -1.38. The third-order valence-electron chi connectivity index (χ3n) is 4.77. The van der Waals surface area contributed by atoms with E-state index in [0.29, 0.717) is 18.2 Å². The first kappa shape index (κ1) is 18.0. The molecule has 1 heterocycles. The zero-order valence-corrected chi connectivity index (χ0v) is 14.3. The molecule has 2 atom stereocenters. The molecule has 0 amide bonds. The van der Waals surface area contributed by atoms with E-state index in [1.165, 1.54) is 0 Å². The zero-order valence-electron chi connectivity index (χ0n) is 13.5. The van der Waals surface area contributed by atoms with Gasteiger partial charge in [-0.05, 0) is 24.2 Å². The molecule has 1 saturated carbocycles. The van der Waals surface area contributed by atoms with Gasteiger partial charge >= 0.3 is 5.97 Å². The highest BCUT2D eigenvalue weighted by Crippen LogP contribution is 2.48. The molecule has 136 valence electrons. The van der Waals surface area contributed by atoms with Gasteiger partial charge in [-0.25, -0.2) is 13.6 Å². The Balaban J connectivity index is 1.83. The number of nitrogens with one attached hydrogen (secondary N) is 2. The highest BCUT2D eigenvalue weighted by atomic mass is 32.1. The number of hydrogen-bond donors (Lipinski definition) is 3. The van der Waals surface area contributed by atoms with E-state index in [4.69, 9.17) is 17.0 Å². The van der Waals surface area contributed by atoms with Crippen molar-refractivity contribution in [3.63, 3.8) is 0 Å². The van der Waals surface area contributed by atoms with Gasteiger partial charge in [0, 0.05) is 18.8 Å². The van der Waals surface area contributed by atoms with Crippen LogP contribution in [0.2, 0.25) is 0 Å². The van der Waals surface area contributed by atoms with E-state index in [1.807, 2.05) is 0 Å². The number of alkyl halides is 2. The summed E-state index contributed by atoms with van der Waals surface area (Å²) in [7, 11) is 0. The number of thiocarbonyl (C=S) groups is 1. The fourth-order valence-corrected chi connectivity index (χ4v) is 3.56. The summed E-state index contributed by atoms with van der Waals surface area (Å²) < 4.78 is 32.8. The van der Waals surface area contributed by atoms with Crippen molar-refractivity contribution in [3.05, 3.63) is 35.9 Å². The minimum atomic E-state index is -2.88. The average Bonchev–Trinajstić information content (AvgIpc) is 2.97. The van der Waals surface area contributed by atoms with E-state index in [9.17, 15) is 18.7 Å². The van der Waals surface area contributed by atoms with Gasteiger partial charge in [-0.1, -0.05) is 30.3 Å². The van der Waals surface area contributed by atoms with Crippen LogP contribution in [0.5, 0.6) is 0 Å². The van der Waals surface area contributed by atoms with Gasteiger partial charge in [-0.3, -0.25) is 0 Å². The molecule has 3 rings (SSSR count). The van der Waals surface area contributed by atoms with Crippen molar-refractivity contribution in [1.29, 1.82) is 0 Å². The van der Waals surface area contributed by atoms with Gasteiger partial charge < -0.3 is 20.5 Å². The van der Waals surface area contributed by atoms with E-state index in [0.717, 1.165) is 0 Å². The van der Waals surface area contributed by atoms with E-state index in [2.05, 4.69) is 10.6 Å². The second-order valence-electron chi connectivity index (χ2n) is 6.55. The highest BCUT2D eigenvalue weighted by Gasteiger charge is 2.54. The molecule has 0 unspecified atom stereocenters. The molecule has 8 heteroatoms. The third-order valence-corrected chi connectivity index (χ3v) is 5.06. The van der Waals surface area contributed by atoms with Crippen LogP contribution in [0.3, 0.4) is 0 Å². The number of rotatable bonds is 4. The largest absolute Gasteiger partial charge is 0.456 e. The summed E-state index contributed by atoms with van der Waals surface area (Å²) in [5.41, 5.74) is -1.82. The van der Waals surface area contributed by atoms with Gasteiger partial charge in [-0.15, -0.1) is 0 Å². The first-order valence-electron chi connectivity index (χ1n) is 8.20. The van der Waals surface area contributed by atoms with Gasteiger partial charge in [0.2, 0.25) is 5.92 Å². The first-order valence-corrected chi connectivity index (χ1v) is 8.60. The van der Waals surface area contributed by atoms with Gasteiger partial charge in [-0.2, -0.15) is 0 Å². The van der Waals surface area contributed by atoms with E-state index in [1.54, 1.807) is 30.3 Å². The highest BCUT2D eigenvalue weighted by molar-refractivity contribution is 7.80. The maximum absolute atomic E-state index is 13.7. The maximum Gasteiger partial charge on any atom is 0.343 e. The molecule has 0 aromatic heterocycles. The summed E-state index contributed by atoms with van der Waals surface area (Å²) in [5, 5.41) is 17.4. The molecule has 5 nitrogen and oxygen atoms in total. The van der Waals surface area contributed by atoms with Crippen LogP contribution in [0, 0.1) is 5.92 Å². The third kappa shape index (κ3) is 3.74. The van der Waals surface area contributed by atoms with E-state index in [-0.39, 0.29) is 18.4 Å². The number of ether oxygens (including phenoxy) is 1. The van der Waals surface area contributed by atoms with E-state index < -0.39 is 35.9 Å². The maximum atomic E-state index is 13.7. The lowest BCUT2D eigenvalue weighted by Gasteiger charge is -2.35. The molecule has 25 heavy (non-hydrogen) atoms. The van der Waals surface area contributed by atoms with Crippen molar-refractivity contribution in [2.24, 2.45) is 5.92 Å². The van der Waals surface area contributed by atoms with Crippen molar-refractivity contribution < 1.29 is 23.4 Å². The summed E-state index contributed by atoms with van der Waals surface area (Å²) in [4.78, 5) is 12.8. The normalized spacial score (nSPS) is 25.6. The standard InChI is InChI=1S/C17H20F2N2O3S/c18-16(19)7-6-12(8-16)17(23,11-4-2-1-3-5-11)14(22)24-13-9-20-15(25)21-10-13/h1-5,12-13,23H,6-10H2,(H2,20,21,25)/t12-,17+/m1/s1. The molecule has 2 fully saturated rings. The molecular weight excluding hydrogens is 350 g/mol. The fraction of sp³-hybridized carbons (Fsp3) is 0.529. The van der Waals surface area contributed by atoms with Gasteiger partial charge in [0.1, 0.15) is 6.10 Å². The SMILES string of the molecule is O=C(OC1CNC(=S)NC1)[C@](O)(c1ccccc1)[C@@H]1CCC(F)(F)C1. The van der Waals surface area contributed by atoms with Gasteiger partial charge in [0.25, 0.3) is 0 Å². The molecule has 1 aromatic carbocycles. The molecule has 1 aromatic rings. The van der Waals surface area contributed by atoms with Crippen molar-refractivity contribution in [2.75, 3.05) is 13.1 Å². The molecule has 2 aliphatic rings. The lowest BCUT2D eigenvalue weighted by Crippen LogP contribution is -2.54. The summed E-state index contributed by atoms with van der Waals surface area (Å²) in [6.45, 7) is 0.618. The molecule has 0 bridgehead atoms. The summed E-state index contributed by atoms with van der Waals surface area (Å²) >= 11 is 4.94. The van der Waals surface area contributed by atoms with Crippen LogP contribution in [0.25, 0.3) is 0 Å². The topological polar surface area (TPSA) is 70.6 Å². The van der Waals surface area contributed by atoms with Crippen LogP contribution in [-0.4, -0.2) is 41.3 Å². The van der Waals surface area contributed by atoms with Crippen molar-refractivity contribution in [1.82, 2.24) is 10.6 Å². The quantitative estimate of drug-likeness (QED) is 0.554. The van der Waals surface area contributed by atoms with Crippen LogP contribution in [0.15, 0.2) is 30.3 Å². The average molecular weight is 370 g/mol. The Labute approximate surface area is 149 Å². The van der Waals surface area contributed by atoms with Gasteiger partial charge in [0.15, 0.2) is 10.7 Å². The minimum Gasteiger partial charge on any atom is -0.456 e. The molecule has 0 radical (unpaired) electrons. The Morgan fingerprint density at radius 2 is 1.92 bits per heavy atom. The monoisotopic (exact) mass is 370 g/mol. The number of halogens is 2. The van der Waals surface area contributed by atoms with Crippen molar-refractivity contribution >= 4 is 23.3 Å². The Bertz CT molecular complexity index is 649. The number of carbonyl (C=O) groups is 1. The van der Waals surface area contributed by atoms with Crippen LogP contribution in [-0.2, 0) is 15.1 Å². The second-order valence-corrected chi connectivity index (χ2v) is 6.95. The molecule has 1 aliphatic carbocycles. The fourth-order valence-electron chi connectivity index (χ4n) is 3.39. The number of carbonyl (C=O) groups excluding carboxylic acids is 1. The zero-order chi connectivity index (χ0) is 18.1. The van der Waals surface area contributed by atoms with E-state index >= 15 is 0 Å². The number of esters is 1. The number of benzene rings is 1. The number of hydrogen-bond acceptors (Lipinski definition) is 4. The molecule has 0 spiro atoms. The Morgan fingerprint density at radius 1 is 1.28 bits per heavy atom. The Hall–Kier alpha value is -1.80. The lowest BCUT2D eigenvalue weighted by molar-refractivity contribution is -0.180. The smallest absolute Gasteiger partial charge is 0.343 e. The molecular formula is C17H20F2N2O3S. The predicted molar refractivity (Wildman–Crippen MR) is 91.1 cm³/mol. The predicted octanol–water partition coefficient (Wildman–Crippen LogP) is 1.70. The molecule has 3 N–H and O–H groups in total. The van der Waals surface area contributed by atoms with Crippen LogP contribution < -0.4 is 10.6 Å².